The second-order valence-corrected chi connectivity index (χ2v) is 3.73. The number of carbonyl (C=O) groups is 1. The minimum absolute atomic E-state index is 0.200. The highest BCUT2D eigenvalue weighted by Gasteiger charge is 2.26. The Labute approximate surface area is 78.7 Å². The topological polar surface area (TPSA) is 66.6 Å². The van der Waals surface area contributed by atoms with E-state index in [0.29, 0.717) is 12.5 Å². The van der Waals surface area contributed by atoms with Crippen LogP contribution in [0.2, 0.25) is 0 Å². The lowest BCUT2D eigenvalue weighted by molar-refractivity contribution is -0.120. The van der Waals surface area contributed by atoms with Crippen LogP contribution in [0.5, 0.6) is 0 Å². The highest BCUT2D eigenvalue weighted by Crippen LogP contribution is 2.19. The Morgan fingerprint density at radius 2 is 2.38 bits per heavy atom. The Hall–Kier alpha value is -0.610. The predicted molar refractivity (Wildman–Crippen MR) is 50.0 cm³/mol. The highest BCUT2D eigenvalue weighted by molar-refractivity contribution is 5.75. The van der Waals surface area contributed by atoms with Crippen LogP contribution >= 0.6 is 0 Å². The van der Waals surface area contributed by atoms with Crippen LogP contribution in [0.4, 0.5) is 0 Å². The van der Waals surface area contributed by atoms with E-state index in [4.69, 9.17) is 5.73 Å². The van der Waals surface area contributed by atoms with Crippen LogP contribution in [-0.4, -0.2) is 41.7 Å². The Balaban J connectivity index is 2.40. The molecule has 1 rings (SSSR count). The molecule has 0 aromatic heterocycles. The molecule has 1 amide bonds. The van der Waals surface area contributed by atoms with E-state index in [2.05, 4.69) is 6.92 Å². The summed E-state index contributed by atoms with van der Waals surface area (Å²) >= 11 is 0. The Kier molecular flexibility index (Phi) is 3.69. The van der Waals surface area contributed by atoms with Gasteiger partial charge in [0.15, 0.2) is 0 Å². The lowest BCUT2D eigenvalue weighted by Gasteiger charge is -2.34. The fourth-order valence-corrected chi connectivity index (χ4v) is 1.86. The van der Waals surface area contributed by atoms with E-state index in [1.54, 1.807) is 0 Å². The number of carbonyl (C=O) groups excluding carboxylic acids is 1. The van der Waals surface area contributed by atoms with Crippen molar-refractivity contribution in [1.82, 2.24) is 4.90 Å². The Bertz CT molecular complexity index is 184. The van der Waals surface area contributed by atoms with Gasteiger partial charge in [-0.05, 0) is 18.8 Å². The van der Waals surface area contributed by atoms with E-state index in [-0.39, 0.29) is 12.0 Å². The van der Waals surface area contributed by atoms with E-state index in [1.165, 1.54) is 0 Å². The molecule has 0 spiro atoms. The summed E-state index contributed by atoms with van der Waals surface area (Å²) in [5.41, 5.74) is 5.10. The summed E-state index contributed by atoms with van der Waals surface area (Å²) in [4.78, 5) is 12.7. The van der Waals surface area contributed by atoms with Gasteiger partial charge in [-0.3, -0.25) is 9.69 Å². The molecule has 4 nitrogen and oxygen atoms in total. The fraction of sp³-hybridized carbons (Fsp3) is 0.889. The molecule has 13 heavy (non-hydrogen) atoms. The van der Waals surface area contributed by atoms with Crippen molar-refractivity contribution >= 4 is 5.91 Å². The first-order valence-electron chi connectivity index (χ1n) is 4.82. The smallest absolute Gasteiger partial charge is 0.231 e. The molecule has 3 N–H and O–H groups in total. The van der Waals surface area contributed by atoms with Crippen LogP contribution in [0.25, 0.3) is 0 Å². The first-order chi connectivity index (χ1) is 6.13. The van der Waals surface area contributed by atoms with Gasteiger partial charge in [0.2, 0.25) is 5.91 Å². The molecular weight excluding hydrogens is 168 g/mol. The maximum absolute atomic E-state index is 10.7. The third-order valence-electron chi connectivity index (χ3n) is 2.68. The fourth-order valence-electron chi connectivity index (χ4n) is 1.86. The van der Waals surface area contributed by atoms with Gasteiger partial charge in [-0.2, -0.15) is 0 Å². The Morgan fingerprint density at radius 1 is 1.69 bits per heavy atom. The van der Waals surface area contributed by atoms with Gasteiger partial charge in [0.25, 0.3) is 0 Å². The van der Waals surface area contributed by atoms with Crippen molar-refractivity contribution in [2.24, 2.45) is 11.7 Å². The zero-order valence-electron chi connectivity index (χ0n) is 8.07. The number of likely N-dealkylation sites (tertiary alicyclic amines) is 1. The molecule has 0 radical (unpaired) electrons. The summed E-state index contributed by atoms with van der Waals surface area (Å²) in [6.07, 6.45) is 1.51. The lowest BCUT2D eigenvalue weighted by Crippen LogP contribution is -2.46. The maximum atomic E-state index is 10.7. The minimum Gasteiger partial charge on any atom is -0.393 e. The summed E-state index contributed by atoms with van der Waals surface area (Å²) in [7, 11) is 0. The molecule has 0 aliphatic carbocycles. The summed E-state index contributed by atoms with van der Waals surface area (Å²) in [6.45, 7) is 3.95. The number of hydrogen-bond donors (Lipinski definition) is 2. The summed E-state index contributed by atoms with van der Waals surface area (Å²) in [5.74, 6) is 0.0133. The van der Waals surface area contributed by atoms with E-state index >= 15 is 0 Å². The summed E-state index contributed by atoms with van der Waals surface area (Å²) in [6, 6.07) is 0. The molecule has 1 heterocycles. The van der Waals surface area contributed by atoms with Gasteiger partial charge >= 0.3 is 0 Å². The number of primary amides is 1. The monoisotopic (exact) mass is 186 g/mol. The molecule has 0 saturated carbocycles. The van der Waals surface area contributed by atoms with Crippen LogP contribution < -0.4 is 5.73 Å². The second kappa shape index (κ2) is 4.58. The number of nitrogens with zero attached hydrogens (tertiary/aromatic N) is 1. The predicted octanol–water partition coefficient (Wildman–Crippen LogP) is -0.435. The summed E-state index contributed by atoms with van der Waals surface area (Å²) < 4.78 is 0. The van der Waals surface area contributed by atoms with Crippen molar-refractivity contribution in [1.29, 1.82) is 0 Å². The number of nitrogens with two attached hydrogens (primary N) is 1. The van der Waals surface area contributed by atoms with Gasteiger partial charge in [0.1, 0.15) is 0 Å². The lowest BCUT2D eigenvalue weighted by atomic mass is 9.92. The summed E-state index contributed by atoms with van der Waals surface area (Å²) in [5, 5.41) is 9.58. The average Bonchev–Trinajstić information content (AvgIpc) is 2.07. The number of aliphatic hydroxyl groups is 1. The van der Waals surface area contributed by atoms with Crippen LogP contribution in [0, 0.1) is 5.92 Å². The van der Waals surface area contributed by atoms with Gasteiger partial charge in [-0.15, -0.1) is 0 Å². The van der Waals surface area contributed by atoms with Gasteiger partial charge in [-0.25, -0.2) is 0 Å². The van der Waals surface area contributed by atoms with Gasteiger partial charge < -0.3 is 10.8 Å². The SMILES string of the molecule is CCC1CN(CC(N)=O)CCC1O. The quantitative estimate of drug-likeness (QED) is 0.628. The molecule has 2 atom stereocenters. The number of aliphatic hydroxyl groups excluding tert-OH is 1. The van der Waals surface area contributed by atoms with Crippen molar-refractivity contribution in [3.8, 4) is 0 Å². The van der Waals surface area contributed by atoms with Crippen LogP contribution in [0.1, 0.15) is 19.8 Å². The normalized spacial score (nSPS) is 30.3. The zero-order chi connectivity index (χ0) is 9.84. The van der Waals surface area contributed by atoms with Crippen molar-refractivity contribution in [3.63, 3.8) is 0 Å². The van der Waals surface area contributed by atoms with Crippen LogP contribution in [0.3, 0.4) is 0 Å². The first kappa shape index (κ1) is 10.5. The van der Waals surface area contributed by atoms with Crippen molar-refractivity contribution in [2.75, 3.05) is 19.6 Å². The molecule has 1 aliphatic rings. The molecule has 0 bridgehead atoms. The van der Waals surface area contributed by atoms with Crippen LogP contribution in [-0.2, 0) is 4.79 Å². The number of hydrogen-bond acceptors (Lipinski definition) is 3. The Morgan fingerprint density at radius 3 is 2.92 bits per heavy atom. The molecule has 0 aromatic carbocycles. The molecule has 2 unspecified atom stereocenters. The van der Waals surface area contributed by atoms with E-state index in [1.807, 2.05) is 4.90 Å². The van der Waals surface area contributed by atoms with Crippen molar-refractivity contribution in [3.05, 3.63) is 0 Å². The van der Waals surface area contributed by atoms with E-state index in [0.717, 1.165) is 25.9 Å². The first-order valence-corrected chi connectivity index (χ1v) is 4.82. The van der Waals surface area contributed by atoms with Gasteiger partial charge in [0, 0.05) is 13.1 Å². The largest absolute Gasteiger partial charge is 0.393 e. The van der Waals surface area contributed by atoms with Gasteiger partial charge in [0.05, 0.1) is 12.6 Å². The molecule has 0 aromatic rings. The third-order valence-corrected chi connectivity index (χ3v) is 2.68. The highest BCUT2D eigenvalue weighted by atomic mass is 16.3. The number of rotatable bonds is 3. The average molecular weight is 186 g/mol. The van der Waals surface area contributed by atoms with Crippen molar-refractivity contribution < 1.29 is 9.90 Å². The number of amides is 1. The third kappa shape index (κ3) is 2.97. The van der Waals surface area contributed by atoms with Crippen molar-refractivity contribution in [2.45, 2.75) is 25.9 Å². The molecule has 76 valence electrons. The van der Waals surface area contributed by atoms with E-state index < -0.39 is 0 Å². The number of piperidine rings is 1. The van der Waals surface area contributed by atoms with E-state index in [9.17, 15) is 9.90 Å². The molecule has 1 saturated heterocycles. The van der Waals surface area contributed by atoms with Gasteiger partial charge in [-0.1, -0.05) is 6.92 Å². The zero-order valence-corrected chi connectivity index (χ0v) is 8.07. The minimum atomic E-state index is -0.286. The van der Waals surface area contributed by atoms with Crippen LogP contribution in [0.15, 0.2) is 0 Å². The molecule has 1 aliphatic heterocycles. The maximum Gasteiger partial charge on any atom is 0.231 e. The molecule has 1 fully saturated rings. The second-order valence-electron chi connectivity index (χ2n) is 3.73. The molecule has 4 heteroatoms. The molecular formula is C9H18N2O2. The standard InChI is InChI=1S/C9H18N2O2/c1-2-7-5-11(6-9(10)13)4-3-8(7)12/h7-8,12H,2-6H2,1H3,(H2,10,13).